The summed E-state index contributed by atoms with van der Waals surface area (Å²) in [7, 11) is -4.49. The van der Waals surface area contributed by atoms with Crippen molar-refractivity contribution in [1.29, 1.82) is 0 Å². The summed E-state index contributed by atoms with van der Waals surface area (Å²) in [5, 5.41) is 17.8. The zero-order valence-corrected chi connectivity index (χ0v) is 13.8. The van der Waals surface area contributed by atoms with Crippen LogP contribution in [0.2, 0.25) is 3.67 Å². The molecule has 8 nitrogen and oxygen atoms in total. The maximum atomic E-state index is 11.2. The van der Waals surface area contributed by atoms with Gasteiger partial charge >= 0.3 is 138 Å². The minimum absolute atomic E-state index is 0.0325. The third-order valence-electron chi connectivity index (χ3n) is 2.52. The Morgan fingerprint density at radius 3 is 1.95 bits per heavy atom. The first-order valence-corrected chi connectivity index (χ1v) is 8.81. The van der Waals surface area contributed by atoms with E-state index in [1.165, 1.54) is 0 Å². The van der Waals surface area contributed by atoms with E-state index in [4.69, 9.17) is 19.5 Å². The van der Waals surface area contributed by atoms with Crippen molar-refractivity contribution in [3.63, 3.8) is 0 Å². The molecule has 1 aromatic carbocycles. The van der Waals surface area contributed by atoms with Gasteiger partial charge in [-0.25, -0.2) is 0 Å². The number of ether oxygens (including phenoxy) is 1. The first kappa shape index (κ1) is 17.9. The molecule has 0 aromatic heterocycles. The van der Waals surface area contributed by atoms with Gasteiger partial charge in [-0.3, -0.25) is 0 Å². The quantitative estimate of drug-likeness (QED) is 0.490. The van der Waals surface area contributed by atoms with E-state index in [9.17, 15) is 18.0 Å². The molecule has 0 radical (unpaired) electrons. The molecule has 0 fully saturated rings. The number of rotatable bonds is 7. The maximum absolute atomic E-state index is 11.2. The van der Waals surface area contributed by atoms with E-state index in [0.717, 1.165) is 18.2 Å². The number of carboxylic acid groups (broad SMARTS) is 2. The standard InChI is InChI=1S/C11H11O8S.Na/c1-2-9(20(16,17)18)19-8-4-6(10(12)13)3-7(5-8)11(14)15;/h3-5,9H,1-2H2,(H,12,13)(H,14,15)(H,16,17,18);. The molecule has 10 heteroatoms. The molecule has 0 aliphatic rings. The topological polar surface area (TPSA) is 138 Å². The van der Waals surface area contributed by atoms with Crippen LogP contribution in [0.25, 0.3) is 0 Å². The fourth-order valence-electron chi connectivity index (χ4n) is 1.57. The van der Waals surface area contributed by atoms with Gasteiger partial charge in [0.15, 0.2) is 0 Å². The predicted molar refractivity (Wildman–Crippen MR) is 71.5 cm³/mol. The molecule has 0 amide bonds. The van der Waals surface area contributed by atoms with Gasteiger partial charge in [0, 0.05) is 0 Å². The van der Waals surface area contributed by atoms with Crippen LogP contribution in [0.15, 0.2) is 18.2 Å². The second-order valence-corrected chi connectivity index (χ2v) is 6.76. The van der Waals surface area contributed by atoms with Crippen LogP contribution in [0.4, 0.5) is 0 Å². The van der Waals surface area contributed by atoms with Gasteiger partial charge in [0.1, 0.15) is 0 Å². The fourth-order valence-corrected chi connectivity index (χ4v) is 3.28. The summed E-state index contributed by atoms with van der Waals surface area (Å²) in [5.41, 5.74) is -2.27. The third kappa shape index (κ3) is 5.29. The van der Waals surface area contributed by atoms with Gasteiger partial charge in [-0.15, -0.1) is 0 Å². The van der Waals surface area contributed by atoms with Crippen molar-refractivity contribution in [1.82, 2.24) is 0 Å². The van der Waals surface area contributed by atoms with Crippen molar-refractivity contribution >= 4 is 50.0 Å². The third-order valence-corrected chi connectivity index (χ3v) is 4.10. The molecule has 1 unspecified atom stereocenters. The Kier molecular flexibility index (Phi) is 6.17. The zero-order valence-electron chi connectivity index (χ0n) is 11.0. The predicted octanol–water partition coefficient (Wildman–Crippen LogP) is 0.653. The van der Waals surface area contributed by atoms with Crippen LogP contribution in [0.3, 0.4) is 0 Å². The molecule has 0 saturated carbocycles. The number of hydrogen-bond donors (Lipinski definition) is 3. The molecular weight excluding hydrogens is 315 g/mol. The van der Waals surface area contributed by atoms with E-state index in [2.05, 4.69) is 0 Å². The summed E-state index contributed by atoms with van der Waals surface area (Å²) >= 11 is 0.685. The van der Waals surface area contributed by atoms with Gasteiger partial charge in [-0.1, -0.05) is 0 Å². The molecule has 0 aliphatic heterocycles. The van der Waals surface area contributed by atoms with Crippen molar-refractivity contribution in [3.8, 4) is 5.75 Å². The number of carboxylic acids is 2. The van der Waals surface area contributed by atoms with E-state index in [1.807, 2.05) is 0 Å². The van der Waals surface area contributed by atoms with Gasteiger partial charge in [-0.2, -0.15) is 0 Å². The Labute approximate surface area is 137 Å². The molecule has 0 spiro atoms. The number of carbonyl (C=O) groups is 2. The molecule has 0 aliphatic carbocycles. The van der Waals surface area contributed by atoms with E-state index in [0.29, 0.717) is 31.6 Å². The molecule has 110 valence electrons. The molecule has 0 heterocycles. The van der Waals surface area contributed by atoms with Crippen LogP contribution in [0.1, 0.15) is 27.1 Å². The van der Waals surface area contributed by atoms with Crippen LogP contribution in [-0.4, -0.2) is 68.5 Å². The van der Waals surface area contributed by atoms with E-state index in [1.54, 1.807) is 0 Å². The van der Waals surface area contributed by atoms with Crippen LogP contribution < -0.4 is 4.74 Å². The second kappa shape index (κ2) is 7.23. The first-order valence-electron chi connectivity index (χ1n) is 5.89. The van der Waals surface area contributed by atoms with Gasteiger partial charge in [0.2, 0.25) is 0 Å². The second-order valence-electron chi connectivity index (χ2n) is 4.21. The molecule has 0 bridgehead atoms. The summed E-state index contributed by atoms with van der Waals surface area (Å²) < 4.78 is 37.0. The summed E-state index contributed by atoms with van der Waals surface area (Å²) in [6, 6.07) is 2.92. The number of hydrogen-bond acceptors (Lipinski definition) is 5. The molecule has 1 rings (SSSR count). The van der Waals surface area contributed by atoms with Gasteiger partial charge in [0.25, 0.3) is 0 Å². The monoisotopic (exact) mass is 326 g/mol. The van der Waals surface area contributed by atoms with Crippen molar-refractivity contribution < 1.29 is 37.5 Å². The molecule has 1 atom stereocenters. The van der Waals surface area contributed by atoms with Crippen LogP contribution in [0.5, 0.6) is 5.75 Å². The van der Waals surface area contributed by atoms with Crippen molar-refractivity contribution in [2.24, 2.45) is 0 Å². The summed E-state index contributed by atoms with van der Waals surface area (Å²) in [6.07, 6.45) is 0.0325. The Balaban J connectivity index is 3.22. The van der Waals surface area contributed by atoms with Gasteiger partial charge < -0.3 is 0 Å². The van der Waals surface area contributed by atoms with E-state index in [-0.39, 0.29) is 23.3 Å². The van der Waals surface area contributed by atoms with E-state index >= 15 is 0 Å². The van der Waals surface area contributed by atoms with Gasteiger partial charge in [-0.05, 0) is 0 Å². The van der Waals surface area contributed by atoms with Crippen molar-refractivity contribution in [3.05, 3.63) is 29.3 Å². The van der Waals surface area contributed by atoms with Crippen LogP contribution in [-0.2, 0) is 10.1 Å². The van der Waals surface area contributed by atoms with Crippen molar-refractivity contribution in [2.45, 2.75) is 15.5 Å². The fraction of sp³-hybridized carbons (Fsp3) is 0.273. The van der Waals surface area contributed by atoms with E-state index < -0.39 is 27.5 Å². The molecule has 1 aromatic rings. The average molecular weight is 326 g/mol. The minimum atomic E-state index is -4.49. The average Bonchev–Trinajstić information content (AvgIpc) is 2.36. The Hall–Kier alpha value is -1.13. The normalized spacial score (nSPS) is 12.7. The SMILES string of the molecule is O=C(O)c1cc(OC(C[CH2][Na])S(=O)(=O)O)cc(C(=O)O)c1. The number of benzene rings is 1. The van der Waals surface area contributed by atoms with Crippen LogP contribution >= 0.6 is 0 Å². The number of aromatic carboxylic acids is 2. The summed E-state index contributed by atoms with van der Waals surface area (Å²) in [5.74, 6) is -3.01. The zero-order chi connectivity index (χ0) is 16.2. The Bertz CT molecular complexity index is 622. The Morgan fingerprint density at radius 2 is 1.62 bits per heavy atom. The molecule has 21 heavy (non-hydrogen) atoms. The van der Waals surface area contributed by atoms with Gasteiger partial charge in [0.05, 0.1) is 0 Å². The summed E-state index contributed by atoms with van der Waals surface area (Å²) in [6.45, 7) is 0. The molecular formula is C11H11NaO8S. The molecule has 0 saturated heterocycles. The first-order chi connectivity index (χ1) is 9.65. The van der Waals surface area contributed by atoms with Crippen LogP contribution in [0, 0.1) is 0 Å². The van der Waals surface area contributed by atoms with Crippen molar-refractivity contribution in [2.75, 3.05) is 0 Å². The molecule has 3 N–H and O–H groups in total. The summed E-state index contributed by atoms with van der Waals surface area (Å²) in [4.78, 5) is 21.9. The Morgan fingerprint density at radius 1 is 1.14 bits per heavy atom.